The highest BCUT2D eigenvalue weighted by Gasteiger charge is 2.14. The van der Waals surface area contributed by atoms with Gasteiger partial charge in [0.15, 0.2) is 0 Å². The monoisotopic (exact) mass is 244 g/mol. The van der Waals surface area contributed by atoms with E-state index in [1.54, 1.807) is 24.3 Å². The molecule has 1 rings (SSSR count). The normalized spacial score (nSPS) is 10.9. The third-order valence-corrected chi connectivity index (χ3v) is 2.24. The largest absolute Gasteiger partial charge is 0.495 e. The summed E-state index contributed by atoms with van der Waals surface area (Å²) in [7, 11) is -2.09. The molecule has 0 radical (unpaired) electrons. The number of nitrogens with zero attached hydrogens (tertiary/aromatic N) is 1. The van der Waals surface area contributed by atoms with E-state index in [1.165, 1.54) is 7.11 Å². The molecule has 0 saturated heterocycles. The van der Waals surface area contributed by atoms with E-state index in [4.69, 9.17) is 4.74 Å². The molecular formula is C9H12N2O4S. The molecule has 0 bridgehead atoms. The van der Waals surface area contributed by atoms with Crippen LogP contribution in [0.1, 0.15) is 0 Å². The second-order valence-electron chi connectivity index (χ2n) is 3.01. The van der Waals surface area contributed by atoms with Crippen LogP contribution in [0.2, 0.25) is 0 Å². The third kappa shape index (κ3) is 3.21. The number of methoxy groups -OCH3 is 1. The topological polar surface area (TPSA) is 75.7 Å². The Hall–Kier alpha value is -1.60. The first-order chi connectivity index (χ1) is 7.48. The average Bonchev–Trinajstić information content (AvgIpc) is 2.24. The molecule has 1 amide bonds. The fourth-order valence-corrected chi connectivity index (χ4v) is 1.63. The van der Waals surface area contributed by atoms with Gasteiger partial charge >= 0.3 is 0 Å². The molecule has 0 aliphatic heterocycles. The van der Waals surface area contributed by atoms with Crippen molar-refractivity contribution in [2.75, 3.05) is 18.4 Å². The molecule has 0 atom stereocenters. The third-order valence-electron chi connectivity index (χ3n) is 1.71. The zero-order valence-corrected chi connectivity index (χ0v) is 9.69. The van der Waals surface area contributed by atoms with E-state index in [9.17, 15) is 13.2 Å². The van der Waals surface area contributed by atoms with Crippen LogP contribution < -0.4 is 14.6 Å². The Morgan fingerprint density at radius 1 is 1.38 bits per heavy atom. The van der Waals surface area contributed by atoms with Gasteiger partial charge < -0.3 is 4.74 Å². The van der Waals surface area contributed by atoms with Crippen LogP contribution in [-0.2, 0) is 14.8 Å². The summed E-state index contributed by atoms with van der Waals surface area (Å²) < 4.78 is 27.0. The summed E-state index contributed by atoms with van der Waals surface area (Å²) in [5.41, 5.74) is 0.324. The number of ether oxygens (including phenoxy) is 1. The predicted molar refractivity (Wildman–Crippen MR) is 59.5 cm³/mol. The summed E-state index contributed by atoms with van der Waals surface area (Å²) in [4.78, 5) is 12.8. The number of para-hydroxylation sites is 2. The van der Waals surface area contributed by atoms with Crippen molar-refractivity contribution in [3.8, 4) is 5.75 Å². The lowest BCUT2D eigenvalue weighted by atomic mass is 10.3. The fourth-order valence-electron chi connectivity index (χ4n) is 1.13. The molecule has 0 aliphatic carbocycles. The molecular weight excluding hydrogens is 232 g/mol. The Morgan fingerprint density at radius 3 is 2.50 bits per heavy atom. The van der Waals surface area contributed by atoms with Gasteiger partial charge in [0.2, 0.25) is 16.4 Å². The highest BCUT2D eigenvalue weighted by molar-refractivity contribution is 7.88. The van der Waals surface area contributed by atoms with Crippen LogP contribution in [0.25, 0.3) is 0 Å². The first-order valence-corrected chi connectivity index (χ1v) is 6.22. The first kappa shape index (κ1) is 12.5. The Bertz CT molecular complexity index is 472. The maximum atomic E-state index is 11.0. The lowest BCUT2D eigenvalue weighted by Crippen LogP contribution is -2.40. The lowest BCUT2D eigenvalue weighted by molar-refractivity contribution is -0.107. The number of hydrogen-bond donors (Lipinski definition) is 1. The first-order valence-electron chi connectivity index (χ1n) is 4.33. The van der Waals surface area contributed by atoms with Gasteiger partial charge in [-0.15, -0.1) is 4.83 Å². The summed E-state index contributed by atoms with van der Waals surface area (Å²) in [5, 5.41) is 0.841. The molecule has 6 nitrogen and oxygen atoms in total. The SMILES string of the molecule is COc1ccccc1N(C=O)NS(C)(=O)=O. The summed E-state index contributed by atoms with van der Waals surface area (Å²) in [6.45, 7) is 0. The van der Waals surface area contributed by atoms with E-state index in [1.807, 2.05) is 0 Å². The number of carbonyl (C=O) groups is 1. The van der Waals surface area contributed by atoms with Gasteiger partial charge in [-0.3, -0.25) is 4.79 Å². The molecule has 0 saturated carbocycles. The number of hydrogen-bond acceptors (Lipinski definition) is 4. The number of hydrazine groups is 1. The number of rotatable bonds is 5. The minimum absolute atomic E-state index is 0.324. The Kier molecular flexibility index (Phi) is 3.86. The molecule has 88 valence electrons. The van der Waals surface area contributed by atoms with Crippen molar-refractivity contribution in [1.29, 1.82) is 0 Å². The zero-order chi connectivity index (χ0) is 12.2. The maximum absolute atomic E-state index is 11.0. The second-order valence-corrected chi connectivity index (χ2v) is 4.74. The molecule has 1 N–H and O–H groups in total. The zero-order valence-electron chi connectivity index (χ0n) is 8.88. The summed E-state index contributed by atoms with van der Waals surface area (Å²) in [6, 6.07) is 6.56. The van der Waals surface area contributed by atoms with E-state index in [2.05, 4.69) is 4.83 Å². The van der Waals surface area contributed by atoms with Gasteiger partial charge in [-0.2, -0.15) is 0 Å². The molecule has 0 aliphatic rings. The van der Waals surface area contributed by atoms with Crippen molar-refractivity contribution in [3.63, 3.8) is 0 Å². The van der Waals surface area contributed by atoms with Gasteiger partial charge in [0.25, 0.3) is 0 Å². The van der Waals surface area contributed by atoms with Gasteiger partial charge in [0, 0.05) is 0 Å². The molecule has 7 heteroatoms. The van der Waals surface area contributed by atoms with Crippen molar-refractivity contribution in [2.45, 2.75) is 0 Å². The molecule has 1 aromatic carbocycles. The van der Waals surface area contributed by atoms with E-state index in [0.717, 1.165) is 11.3 Å². The van der Waals surface area contributed by atoms with Crippen molar-refractivity contribution in [3.05, 3.63) is 24.3 Å². The quantitative estimate of drug-likeness (QED) is 0.589. The van der Waals surface area contributed by atoms with Crippen LogP contribution >= 0.6 is 0 Å². The van der Waals surface area contributed by atoms with E-state index in [-0.39, 0.29) is 0 Å². The molecule has 0 unspecified atom stereocenters. The Morgan fingerprint density at radius 2 is 2.00 bits per heavy atom. The smallest absolute Gasteiger partial charge is 0.229 e. The number of carbonyl (C=O) groups excluding carboxylic acids is 1. The number of benzene rings is 1. The van der Waals surface area contributed by atoms with Gasteiger partial charge in [-0.1, -0.05) is 12.1 Å². The average molecular weight is 244 g/mol. The number of anilines is 1. The second kappa shape index (κ2) is 4.95. The highest BCUT2D eigenvalue weighted by Crippen LogP contribution is 2.25. The van der Waals surface area contributed by atoms with Crippen molar-refractivity contribution in [2.24, 2.45) is 0 Å². The van der Waals surface area contributed by atoms with Crippen molar-refractivity contribution in [1.82, 2.24) is 4.83 Å². The summed E-state index contributed by atoms with van der Waals surface area (Å²) in [6.07, 6.45) is 1.32. The minimum atomic E-state index is -3.52. The van der Waals surface area contributed by atoms with Crippen LogP contribution in [0.4, 0.5) is 5.69 Å². The van der Waals surface area contributed by atoms with Crippen LogP contribution in [0.5, 0.6) is 5.75 Å². The van der Waals surface area contributed by atoms with E-state index in [0.29, 0.717) is 17.8 Å². The van der Waals surface area contributed by atoms with Crippen LogP contribution in [0.15, 0.2) is 24.3 Å². The van der Waals surface area contributed by atoms with Gasteiger partial charge in [-0.25, -0.2) is 13.4 Å². The van der Waals surface area contributed by atoms with Crippen LogP contribution in [0.3, 0.4) is 0 Å². The Labute approximate surface area is 93.8 Å². The van der Waals surface area contributed by atoms with E-state index >= 15 is 0 Å². The number of sulfonamides is 1. The van der Waals surface area contributed by atoms with Crippen LogP contribution in [-0.4, -0.2) is 28.2 Å². The molecule has 0 heterocycles. The molecule has 0 aromatic heterocycles. The van der Waals surface area contributed by atoms with Crippen molar-refractivity contribution < 1.29 is 17.9 Å². The minimum Gasteiger partial charge on any atom is -0.495 e. The maximum Gasteiger partial charge on any atom is 0.229 e. The summed E-state index contributed by atoms with van der Waals surface area (Å²) in [5.74, 6) is 0.394. The molecule has 0 fully saturated rings. The fraction of sp³-hybridized carbons (Fsp3) is 0.222. The molecule has 1 aromatic rings. The standard InChI is InChI=1S/C9H12N2O4S/c1-15-9-6-4-3-5-8(9)11(7-12)10-16(2,13)14/h3-7,10H,1-2H3. The molecule has 0 spiro atoms. The van der Waals surface area contributed by atoms with Crippen molar-refractivity contribution >= 4 is 22.1 Å². The number of nitrogens with one attached hydrogen (secondary N) is 1. The lowest BCUT2D eigenvalue weighted by Gasteiger charge is -2.19. The highest BCUT2D eigenvalue weighted by atomic mass is 32.2. The number of amides is 1. The van der Waals surface area contributed by atoms with Gasteiger partial charge in [0.05, 0.1) is 13.4 Å². The van der Waals surface area contributed by atoms with E-state index < -0.39 is 10.0 Å². The van der Waals surface area contributed by atoms with Crippen LogP contribution in [0, 0.1) is 0 Å². The van der Waals surface area contributed by atoms with Gasteiger partial charge in [0.1, 0.15) is 11.4 Å². The van der Waals surface area contributed by atoms with Gasteiger partial charge in [-0.05, 0) is 12.1 Å². The Balaban J connectivity index is 3.08. The summed E-state index contributed by atoms with van der Waals surface area (Å²) >= 11 is 0. The molecule has 16 heavy (non-hydrogen) atoms. The predicted octanol–water partition coefficient (Wildman–Crippen LogP) is 0.122.